The SMILES string of the molecule is c1ccc2cc(-c3c4ccccc4c(-c4ccc5cc(-c6ccc7c(c6)c6ccccc6n6c8ccccc8nc76)ccc5c4)c4ccccc34)ccc2c1. The van der Waals surface area contributed by atoms with Crippen molar-refractivity contribution in [3.8, 4) is 33.4 Å². The molecule has 12 rings (SSSR count). The van der Waals surface area contributed by atoms with Crippen LogP contribution in [0.2, 0.25) is 0 Å². The molecule has 0 amide bonds. The lowest BCUT2D eigenvalue weighted by Gasteiger charge is -2.18. The highest BCUT2D eigenvalue weighted by Crippen LogP contribution is 2.45. The van der Waals surface area contributed by atoms with Gasteiger partial charge in [-0.25, -0.2) is 4.98 Å². The van der Waals surface area contributed by atoms with Gasteiger partial charge in [-0.1, -0.05) is 146 Å². The van der Waals surface area contributed by atoms with Crippen LogP contribution < -0.4 is 0 Å². The second-order valence-corrected chi connectivity index (χ2v) is 14.7. The molecule has 0 aliphatic heterocycles. The average molecular weight is 697 g/mol. The molecule has 0 N–H and O–H groups in total. The number of benzene rings is 10. The first-order valence-electron chi connectivity index (χ1n) is 19.0. The number of imidazole rings is 1. The fourth-order valence-electron chi connectivity index (χ4n) is 9.16. The molecule has 0 radical (unpaired) electrons. The smallest absolute Gasteiger partial charge is 0.146 e. The summed E-state index contributed by atoms with van der Waals surface area (Å²) in [6.45, 7) is 0. The molecule has 0 aliphatic rings. The van der Waals surface area contributed by atoms with E-state index in [0.717, 1.165) is 22.1 Å². The molecule has 0 fully saturated rings. The highest BCUT2D eigenvalue weighted by atomic mass is 15.0. The zero-order valence-electron chi connectivity index (χ0n) is 29.9. The first-order valence-corrected chi connectivity index (χ1v) is 19.0. The van der Waals surface area contributed by atoms with Gasteiger partial charge in [0.2, 0.25) is 0 Å². The van der Waals surface area contributed by atoms with Crippen LogP contribution in [-0.4, -0.2) is 9.38 Å². The molecule has 254 valence electrons. The van der Waals surface area contributed by atoms with E-state index in [9.17, 15) is 0 Å². The Labute approximate surface area is 317 Å². The number of pyridine rings is 1. The summed E-state index contributed by atoms with van der Waals surface area (Å²) in [5.74, 6) is 0. The number of para-hydroxylation sites is 3. The van der Waals surface area contributed by atoms with Crippen molar-refractivity contribution in [3.05, 3.63) is 194 Å². The third-order valence-electron chi connectivity index (χ3n) is 11.7. The molecule has 0 saturated heterocycles. The molecular formula is C53H32N2. The van der Waals surface area contributed by atoms with Gasteiger partial charge in [-0.2, -0.15) is 0 Å². The fourth-order valence-corrected chi connectivity index (χ4v) is 9.16. The van der Waals surface area contributed by atoms with E-state index < -0.39 is 0 Å². The highest BCUT2D eigenvalue weighted by Gasteiger charge is 2.18. The van der Waals surface area contributed by atoms with Gasteiger partial charge in [0.1, 0.15) is 5.65 Å². The van der Waals surface area contributed by atoms with Crippen molar-refractivity contribution >= 4 is 81.4 Å². The zero-order valence-corrected chi connectivity index (χ0v) is 29.9. The maximum atomic E-state index is 5.10. The van der Waals surface area contributed by atoms with Gasteiger partial charge < -0.3 is 0 Å². The summed E-state index contributed by atoms with van der Waals surface area (Å²) in [5, 5.41) is 13.7. The van der Waals surface area contributed by atoms with Crippen LogP contribution >= 0.6 is 0 Å². The van der Waals surface area contributed by atoms with Crippen LogP contribution in [0.25, 0.3) is 115 Å². The first kappa shape index (κ1) is 30.2. The fraction of sp³-hybridized carbons (Fsp3) is 0. The van der Waals surface area contributed by atoms with Crippen LogP contribution in [-0.2, 0) is 0 Å². The van der Waals surface area contributed by atoms with Gasteiger partial charge >= 0.3 is 0 Å². The molecule has 2 heterocycles. The Bertz CT molecular complexity index is 3500. The lowest BCUT2D eigenvalue weighted by Crippen LogP contribution is -1.92. The van der Waals surface area contributed by atoms with Crippen LogP contribution in [0, 0.1) is 0 Å². The predicted octanol–water partition coefficient (Wildman–Crippen LogP) is 14.4. The standard InChI is InChI=1S/C53H32N2/c1-2-12-34-30-39(25-21-33(34)11-1)51-42-14-3-5-16-44(42)52(45-17-6-4-15-43(45)51)40-26-24-35-29-36(22-23-37(35)31-40)38-27-28-46-47(32-38)41-13-7-9-19-49(41)55-50-20-10-8-18-48(50)54-53(46)55/h1-32H. The van der Waals surface area contributed by atoms with E-state index >= 15 is 0 Å². The van der Waals surface area contributed by atoms with E-state index in [0.29, 0.717) is 0 Å². The van der Waals surface area contributed by atoms with Crippen LogP contribution in [0.4, 0.5) is 0 Å². The van der Waals surface area contributed by atoms with E-state index in [-0.39, 0.29) is 0 Å². The molecule has 0 spiro atoms. The molecule has 0 unspecified atom stereocenters. The maximum Gasteiger partial charge on any atom is 0.146 e. The number of fused-ring (bicyclic) bond motifs is 12. The number of nitrogens with zero attached hydrogens (tertiary/aromatic N) is 2. The third kappa shape index (κ3) is 4.52. The van der Waals surface area contributed by atoms with Crippen molar-refractivity contribution in [1.82, 2.24) is 9.38 Å². The summed E-state index contributed by atoms with van der Waals surface area (Å²) in [7, 11) is 0. The normalized spacial score (nSPS) is 12.0. The monoisotopic (exact) mass is 696 g/mol. The van der Waals surface area contributed by atoms with Crippen molar-refractivity contribution < 1.29 is 0 Å². The summed E-state index contributed by atoms with van der Waals surface area (Å²) in [6, 6.07) is 71.2. The Morgan fingerprint density at radius 2 is 0.745 bits per heavy atom. The Kier molecular flexibility index (Phi) is 6.37. The van der Waals surface area contributed by atoms with Gasteiger partial charge in [0, 0.05) is 10.8 Å². The van der Waals surface area contributed by atoms with Crippen molar-refractivity contribution in [3.63, 3.8) is 0 Å². The second kappa shape index (κ2) is 11.6. The summed E-state index contributed by atoms with van der Waals surface area (Å²) >= 11 is 0. The number of rotatable bonds is 3. The van der Waals surface area contributed by atoms with Gasteiger partial charge in [0.05, 0.1) is 16.6 Å². The minimum absolute atomic E-state index is 0.998. The molecule has 0 bridgehead atoms. The first-order chi connectivity index (χ1) is 27.3. The summed E-state index contributed by atoms with van der Waals surface area (Å²) in [4.78, 5) is 5.10. The van der Waals surface area contributed by atoms with Gasteiger partial charge in [-0.3, -0.25) is 4.40 Å². The molecule has 2 heteroatoms. The van der Waals surface area contributed by atoms with Gasteiger partial charge in [0.25, 0.3) is 0 Å². The number of aromatic nitrogens is 2. The van der Waals surface area contributed by atoms with Crippen molar-refractivity contribution in [1.29, 1.82) is 0 Å². The topological polar surface area (TPSA) is 17.3 Å². The molecule has 0 aliphatic carbocycles. The quantitative estimate of drug-likeness (QED) is 0.133. The van der Waals surface area contributed by atoms with Gasteiger partial charge in [-0.05, 0) is 130 Å². The average Bonchev–Trinajstić information content (AvgIpc) is 3.65. The summed E-state index contributed by atoms with van der Waals surface area (Å²) in [5.41, 5.74) is 11.8. The van der Waals surface area contributed by atoms with Crippen LogP contribution in [0.3, 0.4) is 0 Å². The van der Waals surface area contributed by atoms with Gasteiger partial charge in [-0.15, -0.1) is 0 Å². The Balaban J connectivity index is 1.01. The summed E-state index contributed by atoms with van der Waals surface area (Å²) < 4.78 is 2.31. The predicted molar refractivity (Wildman–Crippen MR) is 234 cm³/mol. The lowest BCUT2D eigenvalue weighted by molar-refractivity contribution is 1.31. The lowest BCUT2D eigenvalue weighted by atomic mass is 9.85. The minimum atomic E-state index is 0.998. The molecule has 0 atom stereocenters. The van der Waals surface area contributed by atoms with E-state index in [1.807, 2.05) is 0 Å². The molecule has 12 aromatic rings. The Morgan fingerprint density at radius 1 is 0.291 bits per heavy atom. The summed E-state index contributed by atoms with van der Waals surface area (Å²) in [6.07, 6.45) is 0. The molecule has 2 aromatic heterocycles. The molecule has 0 saturated carbocycles. The van der Waals surface area contributed by atoms with E-state index in [1.165, 1.54) is 92.8 Å². The Hall–Kier alpha value is -7.29. The number of hydrogen-bond donors (Lipinski definition) is 0. The minimum Gasteiger partial charge on any atom is -0.292 e. The molecular weight excluding hydrogens is 665 g/mol. The molecule has 10 aromatic carbocycles. The number of hydrogen-bond acceptors (Lipinski definition) is 1. The Morgan fingerprint density at radius 3 is 1.42 bits per heavy atom. The van der Waals surface area contributed by atoms with Crippen molar-refractivity contribution in [2.45, 2.75) is 0 Å². The largest absolute Gasteiger partial charge is 0.292 e. The van der Waals surface area contributed by atoms with Gasteiger partial charge in [0.15, 0.2) is 0 Å². The zero-order chi connectivity index (χ0) is 36.0. The van der Waals surface area contributed by atoms with E-state index in [2.05, 4.69) is 199 Å². The maximum absolute atomic E-state index is 5.10. The third-order valence-corrected chi connectivity index (χ3v) is 11.7. The van der Waals surface area contributed by atoms with E-state index in [4.69, 9.17) is 4.98 Å². The van der Waals surface area contributed by atoms with Crippen LogP contribution in [0.15, 0.2) is 194 Å². The van der Waals surface area contributed by atoms with Crippen molar-refractivity contribution in [2.75, 3.05) is 0 Å². The van der Waals surface area contributed by atoms with Crippen LogP contribution in [0.1, 0.15) is 0 Å². The van der Waals surface area contributed by atoms with E-state index in [1.54, 1.807) is 0 Å². The molecule has 55 heavy (non-hydrogen) atoms. The second-order valence-electron chi connectivity index (χ2n) is 14.7. The van der Waals surface area contributed by atoms with Crippen LogP contribution in [0.5, 0.6) is 0 Å². The van der Waals surface area contributed by atoms with Crippen molar-refractivity contribution in [2.24, 2.45) is 0 Å². The molecule has 2 nitrogen and oxygen atoms in total. The highest BCUT2D eigenvalue weighted by molar-refractivity contribution is 6.22.